The Balaban J connectivity index is 1.45. The Bertz CT molecular complexity index is 1070. The first-order valence-corrected chi connectivity index (χ1v) is 10.2. The van der Waals surface area contributed by atoms with Gasteiger partial charge >= 0.3 is 0 Å². The SMILES string of the molecule is COc1ccc(OC)c(C(=O)N2CCN(Cc3c(C)nc4cc(C)ccn34)CC2)c1. The number of carbonyl (C=O) groups excluding carboxylic acids is 1. The second-order valence-corrected chi connectivity index (χ2v) is 7.71. The molecule has 2 aromatic heterocycles. The van der Waals surface area contributed by atoms with E-state index in [1.54, 1.807) is 32.4 Å². The monoisotopic (exact) mass is 408 g/mol. The highest BCUT2D eigenvalue weighted by molar-refractivity contribution is 5.97. The number of piperazine rings is 1. The Morgan fingerprint density at radius 1 is 1.03 bits per heavy atom. The van der Waals surface area contributed by atoms with Gasteiger partial charge in [0.15, 0.2) is 0 Å². The van der Waals surface area contributed by atoms with E-state index in [9.17, 15) is 4.79 Å². The zero-order chi connectivity index (χ0) is 21.3. The van der Waals surface area contributed by atoms with E-state index in [0.717, 1.165) is 31.0 Å². The fourth-order valence-corrected chi connectivity index (χ4v) is 3.98. The van der Waals surface area contributed by atoms with Crippen molar-refractivity contribution < 1.29 is 14.3 Å². The third-order valence-corrected chi connectivity index (χ3v) is 5.75. The van der Waals surface area contributed by atoms with Crippen molar-refractivity contribution in [2.45, 2.75) is 20.4 Å². The number of carbonyl (C=O) groups is 1. The molecule has 1 aromatic carbocycles. The average Bonchev–Trinajstić information content (AvgIpc) is 3.07. The molecule has 7 nitrogen and oxygen atoms in total. The van der Waals surface area contributed by atoms with Crippen LogP contribution in [0.5, 0.6) is 11.5 Å². The van der Waals surface area contributed by atoms with Gasteiger partial charge in [0.2, 0.25) is 0 Å². The summed E-state index contributed by atoms with van der Waals surface area (Å²) in [6, 6.07) is 9.53. The van der Waals surface area contributed by atoms with Crippen molar-refractivity contribution in [2.24, 2.45) is 0 Å². The number of ether oxygens (including phenoxy) is 2. The minimum absolute atomic E-state index is 0.0214. The van der Waals surface area contributed by atoms with E-state index in [1.807, 2.05) is 4.90 Å². The zero-order valence-corrected chi connectivity index (χ0v) is 18.0. The molecule has 158 valence electrons. The number of hydrogen-bond acceptors (Lipinski definition) is 5. The lowest BCUT2D eigenvalue weighted by atomic mass is 10.1. The van der Waals surface area contributed by atoms with Gasteiger partial charge in [0.05, 0.1) is 31.2 Å². The molecule has 1 saturated heterocycles. The van der Waals surface area contributed by atoms with Gasteiger partial charge in [-0.25, -0.2) is 4.98 Å². The number of hydrogen-bond donors (Lipinski definition) is 0. The molecule has 0 bridgehead atoms. The van der Waals surface area contributed by atoms with Crippen LogP contribution in [0.2, 0.25) is 0 Å². The number of aryl methyl sites for hydroxylation is 2. The number of pyridine rings is 1. The Morgan fingerprint density at radius 2 is 1.80 bits per heavy atom. The second kappa shape index (κ2) is 8.36. The Hall–Kier alpha value is -3.06. The Kier molecular flexibility index (Phi) is 5.63. The molecule has 1 aliphatic rings. The molecule has 3 aromatic rings. The van der Waals surface area contributed by atoms with Crippen LogP contribution >= 0.6 is 0 Å². The summed E-state index contributed by atoms with van der Waals surface area (Å²) in [5.74, 6) is 1.20. The van der Waals surface area contributed by atoms with Crippen molar-refractivity contribution in [2.75, 3.05) is 40.4 Å². The summed E-state index contributed by atoms with van der Waals surface area (Å²) >= 11 is 0. The first-order chi connectivity index (χ1) is 14.5. The molecular formula is C23H28N4O3. The molecule has 30 heavy (non-hydrogen) atoms. The number of imidazole rings is 1. The molecule has 0 radical (unpaired) electrons. The number of nitrogens with zero attached hydrogens (tertiary/aromatic N) is 4. The molecular weight excluding hydrogens is 380 g/mol. The molecule has 1 aliphatic heterocycles. The number of methoxy groups -OCH3 is 2. The lowest BCUT2D eigenvalue weighted by Gasteiger charge is -2.35. The predicted octanol–water partition coefficient (Wildman–Crippen LogP) is 2.93. The highest BCUT2D eigenvalue weighted by Crippen LogP contribution is 2.26. The predicted molar refractivity (Wildman–Crippen MR) is 115 cm³/mol. The van der Waals surface area contributed by atoms with Crippen LogP contribution in [-0.4, -0.2) is 65.5 Å². The lowest BCUT2D eigenvalue weighted by molar-refractivity contribution is 0.0623. The van der Waals surface area contributed by atoms with Crippen LogP contribution < -0.4 is 9.47 Å². The smallest absolute Gasteiger partial charge is 0.257 e. The summed E-state index contributed by atoms with van der Waals surface area (Å²) < 4.78 is 12.8. The standard InChI is InChI=1S/C23H28N4O3/c1-16-7-8-27-20(17(2)24-22(27)13-16)15-25-9-11-26(12-10-25)23(28)19-14-18(29-3)5-6-21(19)30-4/h5-8,13-14H,9-12,15H2,1-4H3. The van der Waals surface area contributed by atoms with Crippen molar-refractivity contribution in [1.29, 1.82) is 0 Å². The summed E-state index contributed by atoms with van der Waals surface area (Å²) in [7, 11) is 3.18. The maximum Gasteiger partial charge on any atom is 0.257 e. The van der Waals surface area contributed by atoms with Crippen LogP contribution in [-0.2, 0) is 6.54 Å². The lowest BCUT2D eigenvalue weighted by Crippen LogP contribution is -2.48. The van der Waals surface area contributed by atoms with Crippen LogP contribution in [0.1, 0.15) is 27.3 Å². The van der Waals surface area contributed by atoms with Crippen molar-refractivity contribution in [3.63, 3.8) is 0 Å². The first-order valence-electron chi connectivity index (χ1n) is 10.2. The van der Waals surface area contributed by atoms with Crippen LogP contribution in [0.15, 0.2) is 36.5 Å². The first kappa shape index (κ1) is 20.2. The molecule has 4 rings (SSSR count). The van der Waals surface area contributed by atoms with E-state index in [1.165, 1.54) is 11.3 Å². The average molecular weight is 409 g/mol. The highest BCUT2D eigenvalue weighted by atomic mass is 16.5. The summed E-state index contributed by atoms with van der Waals surface area (Å²) in [6.45, 7) is 7.94. The number of rotatable bonds is 5. The van der Waals surface area contributed by atoms with E-state index < -0.39 is 0 Å². The molecule has 1 fully saturated rings. The van der Waals surface area contributed by atoms with E-state index in [0.29, 0.717) is 30.2 Å². The third-order valence-electron chi connectivity index (χ3n) is 5.75. The van der Waals surface area contributed by atoms with E-state index >= 15 is 0 Å². The number of aromatic nitrogens is 2. The number of amides is 1. The number of benzene rings is 1. The molecule has 7 heteroatoms. The van der Waals surface area contributed by atoms with Gasteiger partial charge in [-0.3, -0.25) is 9.69 Å². The van der Waals surface area contributed by atoms with Crippen molar-refractivity contribution in [1.82, 2.24) is 19.2 Å². The van der Waals surface area contributed by atoms with Crippen molar-refractivity contribution in [3.05, 3.63) is 59.0 Å². The number of fused-ring (bicyclic) bond motifs is 1. The van der Waals surface area contributed by atoms with Gasteiger partial charge in [0, 0.05) is 38.9 Å². The van der Waals surface area contributed by atoms with Gasteiger partial charge in [-0.2, -0.15) is 0 Å². The fourth-order valence-electron chi connectivity index (χ4n) is 3.98. The van der Waals surface area contributed by atoms with Crippen LogP contribution in [0, 0.1) is 13.8 Å². The minimum Gasteiger partial charge on any atom is -0.497 e. The van der Waals surface area contributed by atoms with E-state index in [4.69, 9.17) is 14.5 Å². The van der Waals surface area contributed by atoms with Gasteiger partial charge in [-0.1, -0.05) is 0 Å². The summed E-state index contributed by atoms with van der Waals surface area (Å²) in [5.41, 5.74) is 5.00. The zero-order valence-electron chi connectivity index (χ0n) is 18.0. The van der Waals surface area contributed by atoms with Crippen molar-refractivity contribution in [3.8, 4) is 11.5 Å². The largest absolute Gasteiger partial charge is 0.497 e. The fraction of sp³-hybridized carbons (Fsp3) is 0.391. The normalized spacial score (nSPS) is 14.9. The van der Waals surface area contributed by atoms with Gasteiger partial charge in [0.1, 0.15) is 17.1 Å². The molecule has 0 saturated carbocycles. The Morgan fingerprint density at radius 3 is 2.50 bits per heavy atom. The van der Waals surface area contributed by atoms with Gasteiger partial charge in [-0.15, -0.1) is 0 Å². The maximum atomic E-state index is 13.1. The maximum absolute atomic E-state index is 13.1. The summed E-state index contributed by atoms with van der Waals surface area (Å²) in [6.07, 6.45) is 2.09. The van der Waals surface area contributed by atoms with Crippen LogP contribution in [0.4, 0.5) is 0 Å². The van der Waals surface area contributed by atoms with Gasteiger partial charge in [0.25, 0.3) is 5.91 Å². The molecule has 0 unspecified atom stereocenters. The van der Waals surface area contributed by atoms with Crippen LogP contribution in [0.25, 0.3) is 5.65 Å². The second-order valence-electron chi connectivity index (χ2n) is 7.71. The molecule has 0 N–H and O–H groups in total. The Labute approximate surface area is 176 Å². The summed E-state index contributed by atoms with van der Waals surface area (Å²) in [4.78, 5) is 22.1. The van der Waals surface area contributed by atoms with E-state index in [2.05, 4.69) is 41.5 Å². The molecule has 3 heterocycles. The van der Waals surface area contributed by atoms with Crippen LogP contribution in [0.3, 0.4) is 0 Å². The molecule has 0 aliphatic carbocycles. The molecule has 0 spiro atoms. The third kappa shape index (κ3) is 3.85. The quantitative estimate of drug-likeness (QED) is 0.650. The molecule has 1 amide bonds. The topological polar surface area (TPSA) is 59.3 Å². The van der Waals surface area contributed by atoms with Crippen molar-refractivity contribution >= 4 is 11.6 Å². The minimum atomic E-state index is -0.0214. The van der Waals surface area contributed by atoms with Gasteiger partial charge < -0.3 is 18.8 Å². The molecule has 0 atom stereocenters. The van der Waals surface area contributed by atoms with Gasteiger partial charge in [-0.05, 0) is 49.7 Å². The van der Waals surface area contributed by atoms with E-state index in [-0.39, 0.29) is 5.91 Å². The summed E-state index contributed by atoms with van der Waals surface area (Å²) in [5, 5.41) is 0. The highest BCUT2D eigenvalue weighted by Gasteiger charge is 2.25.